The van der Waals surface area contributed by atoms with E-state index in [2.05, 4.69) is 5.10 Å². The maximum atomic E-state index is 13.6. The maximum Gasteiger partial charge on any atom is 0.309 e. The highest BCUT2D eigenvalue weighted by molar-refractivity contribution is 5.70. The van der Waals surface area contributed by atoms with Crippen LogP contribution in [0, 0.1) is 11.6 Å². The van der Waals surface area contributed by atoms with Gasteiger partial charge in [0.1, 0.15) is 11.6 Å². The largest absolute Gasteiger partial charge is 0.481 e. The molecule has 0 aliphatic rings. The summed E-state index contributed by atoms with van der Waals surface area (Å²) >= 11 is 0. The summed E-state index contributed by atoms with van der Waals surface area (Å²) in [4.78, 5) is 10.6. The minimum Gasteiger partial charge on any atom is -0.481 e. The number of halogens is 2. The summed E-state index contributed by atoms with van der Waals surface area (Å²) in [6.45, 7) is 0. The van der Waals surface area contributed by atoms with Crippen molar-refractivity contribution in [3.05, 3.63) is 41.6 Å². The number of nitrogens with zero attached hydrogens (tertiary/aromatic N) is 2. The van der Waals surface area contributed by atoms with Crippen LogP contribution in [-0.2, 0) is 18.3 Å². The summed E-state index contributed by atoms with van der Waals surface area (Å²) in [6.07, 6.45) is -0.239. The molecule has 1 heterocycles. The second-order valence-electron chi connectivity index (χ2n) is 3.84. The Kier molecular flexibility index (Phi) is 3.10. The number of aliphatic carboxylic acids is 1. The van der Waals surface area contributed by atoms with Gasteiger partial charge in [-0.2, -0.15) is 5.10 Å². The molecule has 0 aliphatic carbocycles. The Hall–Kier alpha value is -2.24. The minimum absolute atomic E-state index is 0.183. The predicted molar refractivity (Wildman–Crippen MR) is 59.9 cm³/mol. The van der Waals surface area contributed by atoms with E-state index >= 15 is 0 Å². The van der Waals surface area contributed by atoms with Gasteiger partial charge in [0, 0.05) is 18.7 Å². The standard InChI is InChI=1S/C12H10F2N2O2/c1-16-11(5-8(15-16)6-12(17)18)9-3-2-7(13)4-10(9)14/h2-5H,6H2,1H3,(H,17,18). The van der Waals surface area contributed by atoms with Gasteiger partial charge in [0.2, 0.25) is 0 Å². The summed E-state index contributed by atoms with van der Waals surface area (Å²) in [5.41, 5.74) is 0.913. The number of carboxylic acids is 1. The molecule has 0 aliphatic heterocycles. The monoisotopic (exact) mass is 252 g/mol. The number of benzene rings is 1. The smallest absolute Gasteiger partial charge is 0.309 e. The van der Waals surface area contributed by atoms with Crippen molar-refractivity contribution in [1.29, 1.82) is 0 Å². The molecule has 0 bridgehead atoms. The SMILES string of the molecule is Cn1nc(CC(=O)O)cc1-c1ccc(F)cc1F. The number of hydrogen-bond acceptors (Lipinski definition) is 2. The third-order valence-electron chi connectivity index (χ3n) is 2.47. The zero-order chi connectivity index (χ0) is 13.3. The number of aryl methyl sites for hydroxylation is 1. The molecule has 1 aromatic heterocycles. The first-order chi connectivity index (χ1) is 8.47. The van der Waals surface area contributed by atoms with Crippen molar-refractivity contribution < 1.29 is 18.7 Å². The van der Waals surface area contributed by atoms with Crippen molar-refractivity contribution in [2.45, 2.75) is 6.42 Å². The molecule has 0 saturated heterocycles. The highest BCUT2D eigenvalue weighted by atomic mass is 19.1. The Morgan fingerprint density at radius 1 is 1.39 bits per heavy atom. The van der Waals surface area contributed by atoms with Crippen molar-refractivity contribution in [1.82, 2.24) is 9.78 Å². The van der Waals surface area contributed by atoms with Gasteiger partial charge in [0.05, 0.1) is 17.8 Å². The zero-order valence-corrected chi connectivity index (χ0v) is 9.52. The van der Waals surface area contributed by atoms with Crippen LogP contribution >= 0.6 is 0 Å². The van der Waals surface area contributed by atoms with Crippen molar-refractivity contribution in [3.8, 4) is 11.3 Å². The molecule has 0 radical (unpaired) electrons. The van der Waals surface area contributed by atoms with Crippen LogP contribution in [0.15, 0.2) is 24.3 Å². The van der Waals surface area contributed by atoms with E-state index < -0.39 is 17.6 Å². The normalized spacial score (nSPS) is 10.6. The number of rotatable bonds is 3. The average Bonchev–Trinajstić information content (AvgIpc) is 2.58. The van der Waals surface area contributed by atoms with Crippen molar-refractivity contribution in [3.63, 3.8) is 0 Å². The molecule has 1 aromatic carbocycles. The fourth-order valence-electron chi connectivity index (χ4n) is 1.72. The topological polar surface area (TPSA) is 55.1 Å². The van der Waals surface area contributed by atoms with E-state index in [4.69, 9.17) is 5.11 Å². The summed E-state index contributed by atoms with van der Waals surface area (Å²) in [6, 6.07) is 4.69. The molecule has 18 heavy (non-hydrogen) atoms. The Balaban J connectivity index is 2.44. The third kappa shape index (κ3) is 2.37. The quantitative estimate of drug-likeness (QED) is 0.908. The van der Waals surface area contributed by atoms with Crippen LogP contribution in [0.1, 0.15) is 5.69 Å². The zero-order valence-electron chi connectivity index (χ0n) is 9.52. The van der Waals surface area contributed by atoms with Gasteiger partial charge in [0.25, 0.3) is 0 Å². The Labute approximate surface area is 101 Å². The fourth-order valence-corrected chi connectivity index (χ4v) is 1.72. The lowest BCUT2D eigenvalue weighted by Crippen LogP contribution is -2.01. The molecular weight excluding hydrogens is 242 g/mol. The predicted octanol–water partition coefficient (Wildman–Crippen LogP) is 1.99. The number of aromatic nitrogens is 2. The minimum atomic E-state index is -1.01. The first kappa shape index (κ1) is 12.2. The van der Waals surface area contributed by atoms with E-state index in [-0.39, 0.29) is 12.0 Å². The van der Waals surface area contributed by atoms with Crippen LogP contribution in [0.3, 0.4) is 0 Å². The van der Waals surface area contributed by atoms with E-state index in [1.165, 1.54) is 16.8 Å². The van der Waals surface area contributed by atoms with E-state index in [1.807, 2.05) is 0 Å². The summed E-state index contributed by atoms with van der Waals surface area (Å²) in [7, 11) is 1.57. The van der Waals surface area contributed by atoms with Gasteiger partial charge in [-0.25, -0.2) is 8.78 Å². The van der Waals surface area contributed by atoms with Gasteiger partial charge in [-0.15, -0.1) is 0 Å². The number of carbonyl (C=O) groups is 1. The van der Waals surface area contributed by atoms with Crippen molar-refractivity contribution in [2.24, 2.45) is 7.05 Å². The second-order valence-corrected chi connectivity index (χ2v) is 3.84. The molecule has 6 heteroatoms. The second kappa shape index (κ2) is 4.56. The molecule has 0 fully saturated rings. The Bertz CT molecular complexity index is 608. The molecule has 1 N–H and O–H groups in total. The van der Waals surface area contributed by atoms with E-state index in [9.17, 15) is 13.6 Å². The molecular formula is C12H10F2N2O2. The van der Waals surface area contributed by atoms with Gasteiger partial charge in [-0.1, -0.05) is 0 Å². The first-order valence-electron chi connectivity index (χ1n) is 5.17. The Morgan fingerprint density at radius 3 is 2.72 bits per heavy atom. The summed E-state index contributed by atoms with van der Waals surface area (Å²) < 4.78 is 27.8. The Morgan fingerprint density at radius 2 is 2.11 bits per heavy atom. The van der Waals surface area contributed by atoms with Crippen LogP contribution in [0.2, 0.25) is 0 Å². The molecule has 0 unspecified atom stereocenters. The molecule has 2 aromatic rings. The van der Waals surface area contributed by atoms with Crippen molar-refractivity contribution >= 4 is 5.97 Å². The van der Waals surface area contributed by atoms with Gasteiger partial charge in [-0.05, 0) is 18.2 Å². The van der Waals surface area contributed by atoms with Crippen LogP contribution in [-0.4, -0.2) is 20.9 Å². The number of carboxylic acid groups (broad SMARTS) is 1. The molecule has 0 amide bonds. The van der Waals surface area contributed by atoms with Crippen molar-refractivity contribution in [2.75, 3.05) is 0 Å². The van der Waals surface area contributed by atoms with E-state index in [0.29, 0.717) is 11.4 Å². The first-order valence-corrected chi connectivity index (χ1v) is 5.17. The average molecular weight is 252 g/mol. The van der Waals surface area contributed by atoms with Crippen LogP contribution in [0.25, 0.3) is 11.3 Å². The molecule has 4 nitrogen and oxygen atoms in total. The van der Waals surface area contributed by atoms with E-state index in [0.717, 1.165) is 12.1 Å². The maximum absolute atomic E-state index is 13.6. The third-order valence-corrected chi connectivity index (χ3v) is 2.47. The lowest BCUT2D eigenvalue weighted by atomic mass is 10.1. The van der Waals surface area contributed by atoms with E-state index in [1.54, 1.807) is 7.05 Å². The highest BCUT2D eigenvalue weighted by Gasteiger charge is 2.13. The molecule has 94 valence electrons. The molecule has 0 atom stereocenters. The summed E-state index contributed by atoms with van der Waals surface area (Å²) in [5.74, 6) is -2.39. The van der Waals surface area contributed by atoms with Crippen LogP contribution in [0.4, 0.5) is 8.78 Å². The fraction of sp³-hybridized carbons (Fsp3) is 0.167. The lowest BCUT2D eigenvalue weighted by molar-refractivity contribution is -0.136. The lowest BCUT2D eigenvalue weighted by Gasteiger charge is -2.03. The molecule has 0 spiro atoms. The van der Waals surface area contributed by atoms with Gasteiger partial charge >= 0.3 is 5.97 Å². The van der Waals surface area contributed by atoms with Gasteiger partial charge in [-0.3, -0.25) is 9.48 Å². The molecule has 0 saturated carbocycles. The van der Waals surface area contributed by atoms with Crippen LogP contribution in [0.5, 0.6) is 0 Å². The summed E-state index contributed by atoms with van der Waals surface area (Å²) in [5, 5.41) is 12.6. The molecule has 2 rings (SSSR count). The van der Waals surface area contributed by atoms with Gasteiger partial charge < -0.3 is 5.11 Å². The van der Waals surface area contributed by atoms with Crippen LogP contribution < -0.4 is 0 Å². The highest BCUT2D eigenvalue weighted by Crippen LogP contribution is 2.23. The van der Waals surface area contributed by atoms with Gasteiger partial charge in [0.15, 0.2) is 0 Å². The number of hydrogen-bond donors (Lipinski definition) is 1.